The normalized spacial score (nSPS) is 21.0. The summed E-state index contributed by atoms with van der Waals surface area (Å²) in [6.45, 7) is 2.26. The Balaban J connectivity index is 2.03. The summed E-state index contributed by atoms with van der Waals surface area (Å²) < 4.78 is 10.5. The first kappa shape index (κ1) is 12.0. The molecular formula is C11H23NO2. The fourth-order valence-electron chi connectivity index (χ4n) is 1.98. The van der Waals surface area contributed by atoms with Gasteiger partial charge in [-0.25, -0.2) is 0 Å². The molecule has 1 aliphatic rings. The topological polar surface area (TPSA) is 44.5 Å². The SMILES string of the molecule is COCCCOCC1(N)CCCCC1. The van der Waals surface area contributed by atoms with Crippen molar-refractivity contribution in [2.45, 2.75) is 44.1 Å². The van der Waals surface area contributed by atoms with E-state index in [9.17, 15) is 0 Å². The maximum atomic E-state index is 6.22. The number of ether oxygens (including phenoxy) is 2. The molecule has 0 aromatic rings. The second kappa shape index (κ2) is 6.38. The van der Waals surface area contributed by atoms with Gasteiger partial charge in [-0.3, -0.25) is 0 Å². The highest BCUT2D eigenvalue weighted by atomic mass is 16.5. The molecule has 2 N–H and O–H groups in total. The van der Waals surface area contributed by atoms with Gasteiger partial charge in [0.05, 0.1) is 6.61 Å². The van der Waals surface area contributed by atoms with Crippen LogP contribution in [0.15, 0.2) is 0 Å². The van der Waals surface area contributed by atoms with Gasteiger partial charge >= 0.3 is 0 Å². The van der Waals surface area contributed by atoms with Crippen molar-refractivity contribution in [3.63, 3.8) is 0 Å². The van der Waals surface area contributed by atoms with Crippen LogP contribution in [0.2, 0.25) is 0 Å². The lowest BCUT2D eigenvalue weighted by molar-refractivity contribution is 0.0545. The Kier molecular flexibility index (Phi) is 5.45. The van der Waals surface area contributed by atoms with Crippen LogP contribution in [-0.2, 0) is 9.47 Å². The first-order valence-corrected chi connectivity index (χ1v) is 5.62. The molecule has 1 rings (SSSR count). The predicted molar refractivity (Wildman–Crippen MR) is 57.3 cm³/mol. The molecule has 0 amide bonds. The van der Waals surface area contributed by atoms with E-state index in [1.54, 1.807) is 7.11 Å². The first-order chi connectivity index (χ1) is 6.77. The Hall–Kier alpha value is -0.120. The smallest absolute Gasteiger partial charge is 0.0646 e. The summed E-state index contributed by atoms with van der Waals surface area (Å²) in [5, 5.41) is 0. The number of rotatable bonds is 6. The zero-order valence-corrected chi connectivity index (χ0v) is 9.26. The van der Waals surface area contributed by atoms with E-state index in [0.717, 1.165) is 39.1 Å². The van der Waals surface area contributed by atoms with Crippen LogP contribution >= 0.6 is 0 Å². The van der Waals surface area contributed by atoms with E-state index in [4.69, 9.17) is 15.2 Å². The minimum Gasteiger partial charge on any atom is -0.385 e. The summed E-state index contributed by atoms with van der Waals surface area (Å²) in [4.78, 5) is 0. The minimum absolute atomic E-state index is 0.0364. The van der Waals surface area contributed by atoms with E-state index in [-0.39, 0.29) is 5.54 Å². The van der Waals surface area contributed by atoms with Crippen molar-refractivity contribution < 1.29 is 9.47 Å². The van der Waals surface area contributed by atoms with Crippen molar-refractivity contribution in [3.05, 3.63) is 0 Å². The van der Waals surface area contributed by atoms with Crippen molar-refractivity contribution in [1.82, 2.24) is 0 Å². The summed E-state index contributed by atoms with van der Waals surface area (Å²) in [6, 6.07) is 0. The quantitative estimate of drug-likeness (QED) is 0.665. The van der Waals surface area contributed by atoms with Crippen molar-refractivity contribution in [2.24, 2.45) is 5.73 Å². The van der Waals surface area contributed by atoms with Crippen molar-refractivity contribution in [2.75, 3.05) is 26.9 Å². The lowest BCUT2D eigenvalue weighted by Crippen LogP contribution is -2.46. The van der Waals surface area contributed by atoms with Crippen molar-refractivity contribution in [3.8, 4) is 0 Å². The van der Waals surface area contributed by atoms with E-state index in [2.05, 4.69) is 0 Å². The van der Waals surface area contributed by atoms with Crippen LogP contribution in [0.5, 0.6) is 0 Å². The molecule has 3 heteroatoms. The van der Waals surface area contributed by atoms with Crippen LogP contribution in [0.4, 0.5) is 0 Å². The maximum Gasteiger partial charge on any atom is 0.0646 e. The third kappa shape index (κ3) is 4.40. The van der Waals surface area contributed by atoms with Gasteiger partial charge in [-0.05, 0) is 19.3 Å². The van der Waals surface area contributed by atoms with Gasteiger partial charge in [0.1, 0.15) is 0 Å². The fraction of sp³-hybridized carbons (Fsp3) is 1.00. The van der Waals surface area contributed by atoms with Crippen molar-refractivity contribution >= 4 is 0 Å². The molecule has 1 saturated carbocycles. The minimum atomic E-state index is -0.0364. The number of methoxy groups -OCH3 is 1. The summed E-state index contributed by atoms with van der Waals surface area (Å²) in [6.07, 6.45) is 7.07. The second-order valence-electron chi connectivity index (χ2n) is 4.32. The molecule has 0 atom stereocenters. The van der Waals surface area contributed by atoms with E-state index < -0.39 is 0 Å². The van der Waals surface area contributed by atoms with Crippen LogP contribution in [0.3, 0.4) is 0 Å². The highest BCUT2D eigenvalue weighted by Gasteiger charge is 2.27. The molecule has 0 aromatic carbocycles. The average Bonchev–Trinajstić information content (AvgIpc) is 2.18. The largest absolute Gasteiger partial charge is 0.385 e. The highest BCUT2D eigenvalue weighted by molar-refractivity contribution is 4.86. The molecule has 0 unspecified atom stereocenters. The fourth-order valence-corrected chi connectivity index (χ4v) is 1.98. The Morgan fingerprint density at radius 3 is 2.50 bits per heavy atom. The van der Waals surface area contributed by atoms with Gasteiger partial charge in [0, 0.05) is 25.9 Å². The maximum absolute atomic E-state index is 6.22. The first-order valence-electron chi connectivity index (χ1n) is 5.62. The van der Waals surface area contributed by atoms with Gasteiger partial charge in [-0.2, -0.15) is 0 Å². The molecule has 1 fully saturated rings. The van der Waals surface area contributed by atoms with E-state index >= 15 is 0 Å². The molecule has 0 aliphatic heterocycles. The lowest BCUT2D eigenvalue weighted by Gasteiger charge is -2.33. The number of nitrogens with two attached hydrogens (primary N) is 1. The third-order valence-corrected chi connectivity index (χ3v) is 2.88. The zero-order chi connectivity index (χ0) is 10.3. The molecular weight excluding hydrogens is 178 g/mol. The average molecular weight is 201 g/mol. The van der Waals surface area contributed by atoms with Gasteiger partial charge in [0.2, 0.25) is 0 Å². The van der Waals surface area contributed by atoms with Crippen LogP contribution in [0, 0.1) is 0 Å². The monoisotopic (exact) mass is 201 g/mol. The van der Waals surface area contributed by atoms with Gasteiger partial charge in [0.15, 0.2) is 0 Å². The summed E-state index contributed by atoms with van der Waals surface area (Å²) in [7, 11) is 1.71. The van der Waals surface area contributed by atoms with Crippen LogP contribution in [-0.4, -0.2) is 32.5 Å². The van der Waals surface area contributed by atoms with Crippen LogP contribution < -0.4 is 5.73 Å². The lowest BCUT2D eigenvalue weighted by atomic mass is 9.83. The molecule has 0 spiro atoms. The highest BCUT2D eigenvalue weighted by Crippen LogP contribution is 2.25. The van der Waals surface area contributed by atoms with Gasteiger partial charge in [-0.1, -0.05) is 19.3 Å². The number of hydrogen-bond donors (Lipinski definition) is 1. The summed E-state index contributed by atoms with van der Waals surface area (Å²) >= 11 is 0. The van der Waals surface area contributed by atoms with Crippen molar-refractivity contribution in [1.29, 1.82) is 0 Å². The Morgan fingerprint density at radius 2 is 1.86 bits per heavy atom. The molecule has 0 heterocycles. The molecule has 0 bridgehead atoms. The molecule has 1 aliphatic carbocycles. The van der Waals surface area contributed by atoms with E-state index in [1.165, 1.54) is 19.3 Å². The van der Waals surface area contributed by atoms with Gasteiger partial charge < -0.3 is 15.2 Å². The number of hydrogen-bond acceptors (Lipinski definition) is 3. The molecule has 0 radical (unpaired) electrons. The predicted octanol–water partition coefficient (Wildman–Crippen LogP) is 1.70. The molecule has 14 heavy (non-hydrogen) atoms. The standard InChI is InChI=1S/C11H23NO2/c1-13-8-5-9-14-10-11(12)6-3-2-4-7-11/h2-10,12H2,1H3. The Bertz CT molecular complexity index is 144. The van der Waals surface area contributed by atoms with Gasteiger partial charge in [-0.15, -0.1) is 0 Å². The molecule has 3 nitrogen and oxygen atoms in total. The molecule has 84 valence electrons. The van der Waals surface area contributed by atoms with Crippen LogP contribution in [0.1, 0.15) is 38.5 Å². The Labute approximate surface area is 86.9 Å². The van der Waals surface area contributed by atoms with E-state index in [1.807, 2.05) is 0 Å². The molecule has 0 aromatic heterocycles. The second-order valence-corrected chi connectivity index (χ2v) is 4.32. The van der Waals surface area contributed by atoms with Gasteiger partial charge in [0.25, 0.3) is 0 Å². The van der Waals surface area contributed by atoms with E-state index in [0.29, 0.717) is 0 Å². The zero-order valence-electron chi connectivity index (χ0n) is 9.26. The molecule has 0 saturated heterocycles. The summed E-state index contributed by atoms with van der Waals surface area (Å²) in [5.74, 6) is 0. The third-order valence-electron chi connectivity index (χ3n) is 2.88. The van der Waals surface area contributed by atoms with Crippen LogP contribution in [0.25, 0.3) is 0 Å². The summed E-state index contributed by atoms with van der Waals surface area (Å²) in [5.41, 5.74) is 6.18. The Morgan fingerprint density at radius 1 is 1.14 bits per heavy atom.